The van der Waals surface area contributed by atoms with Crippen molar-refractivity contribution in [3.63, 3.8) is 0 Å². The molecule has 0 saturated heterocycles. The van der Waals surface area contributed by atoms with Crippen LogP contribution in [0.4, 0.5) is 0 Å². The minimum atomic E-state index is 0.192. The zero-order valence-corrected chi connectivity index (χ0v) is 9.24. The van der Waals surface area contributed by atoms with Gasteiger partial charge in [-0.25, -0.2) is 0 Å². The second kappa shape index (κ2) is 6.56. The van der Waals surface area contributed by atoms with Crippen molar-refractivity contribution >= 4 is 0 Å². The summed E-state index contributed by atoms with van der Waals surface area (Å²) in [5.41, 5.74) is 8.16. The van der Waals surface area contributed by atoms with Gasteiger partial charge in [-0.1, -0.05) is 29.8 Å². The summed E-state index contributed by atoms with van der Waals surface area (Å²) in [5.74, 6) is 0. The van der Waals surface area contributed by atoms with E-state index in [0.717, 1.165) is 13.0 Å². The van der Waals surface area contributed by atoms with Crippen LogP contribution in [0.25, 0.3) is 0 Å². The second-order valence-electron chi connectivity index (χ2n) is 3.73. The van der Waals surface area contributed by atoms with Crippen molar-refractivity contribution in [1.29, 1.82) is 0 Å². The Morgan fingerprint density at radius 1 is 1.33 bits per heavy atom. The van der Waals surface area contributed by atoms with Gasteiger partial charge in [0.05, 0.1) is 0 Å². The number of nitrogens with two attached hydrogens (primary N) is 1. The molecule has 1 rings (SSSR count). The molecule has 0 aromatic heterocycles. The number of nitrogens with one attached hydrogen (secondary N) is 1. The Morgan fingerprint density at radius 3 is 2.53 bits per heavy atom. The van der Waals surface area contributed by atoms with Crippen LogP contribution in [0.3, 0.4) is 0 Å². The Hall–Kier alpha value is -0.900. The van der Waals surface area contributed by atoms with Gasteiger partial charge in [-0.3, -0.25) is 0 Å². The first-order chi connectivity index (χ1) is 7.27. The highest BCUT2D eigenvalue weighted by atomic mass is 16.3. The van der Waals surface area contributed by atoms with Crippen LogP contribution in [0.5, 0.6) is 0 Å². The number of aliphatic hydroxyl groups excluding tert-OH is 1. The normalized spacial score (nSPS) is 12.7. The molecule has 0 spiro atoms. The predicted octanol–water partition coefficient (Wildman–Crippen LogP) is 0.967. The summed E-state index contributed by atoms with van der Waals surface area (Å²) in [7, 11) is 0. The van der Waals surface area contributed by atoms with Gasteiger partial charge >= 0.3 is 0 Å². The maximum atomic E-state index is 8.69. The Kier molecular flexibility index (Phi) is 5.32. The van der Waals surface area contributed by atoms with E-state index in [1.807, 2.05) is 0 Å². The third kappa shape index (κ3) is 4.00. The lowest BCUT2D eigenvalue weighted by Gasteiger charge is -2.17. The van der Waals surface area contributed by atoms with Gasteiger partial charge in [0.1, 0.15) is 0 Å². The van der Waals surface area contributed by atoms with Crippen LogP contribution in [0.2, 0.25) is 0 Å². The van der Waals surface area contributed by atoms with Crippen LogP contribution in [0.15, 0.2) is 24.3 Å². The Morgan fingerprint density at radius 2 is 2.00 bits per heavy atom. The molecule has 0 aliphatic heterocycles. The van der Waals surface area contributed by atoms with E-state index in [2.05, 4.69) is 36.5 Å². The van der Waals surface area contributed by atoms with Gasteiger partial charge in [0.15, 0.2) is 0 Å². The van der Waals surface area contributed by atoms with E-state index >= 15 is 0 Å². The number of aliphatic hydroxyl groups is 1. The van der Waals surface area contributed by atoms with Crippen molar-refractivity contribution in [3.8, 4) is 0 Å². The molecular formula is C12H20N2O. The van der Waals surface area contributed by atoms with Gasteiger partial charge in [0, 0.05) is 19.2 Å². The van der Waals surface area contributed by atoms with E-state index in [4.69, 9.17) is 10.8 Å². The van der Waals surface area contributed by atoms with E-state index in [0.29, 0.717) is 6.54 Å². The first kappa shape index (κ1) is 12.2. The fraction of sp³-hybridized carbons (Fsp3) is 0.500. The smallest absolute Gasteiger partial charge is 0.0444 e. The van der Waals surface area contributed by atoms with Crippen LogP contribution >= 0.6 is 0 Å². The van der Waals surface area contributed by atoms with E-state index in [-0.39, 0.29) is 12.6 Å². The zero-order valence-electron chi connectivity index (χ0n) is 9.24. The zero-order chi connectivity index (χ0) is 11.1. The molecule has 0 bridgehead atoms. The van der Waals surface area contributed by atoms with Crippen molar-refractivity contribution in [2.45, 2.75) is 19.4 Å². The largest absolute Gasteiger partial charge is 0.396 e. The Balaban J connectivity index is 2.53. The molecule has 0 aliphatic carbocycles. The van der Waals surface area contributed by atoms with Crippen molar-refractivity contribution in [1.82, 2.24) is 5.32 Å². The van der Waals surface area contributed by atoms with Gasteiger partial charge in [0.2, 0.25) is 0 Å². The predicted molar refractivity (Wildman–Crippen MR) is 62.7 cm³/mol. The summed E-state index contributed by atoms with van der Waals surface area (Å²) in [4.78, 5) is 0. The number of aryl methyl sites for hydroxylation is 1. The van der Waals surface area contributed by atoms with Gasteiger partial charge in [-0.2, -0.15) is 0 Å². The SMILES string of the molecule is Cc1ccc(C(CN)NCCCO)cc1. The summed E-state index contributed by atoms with van der Waals surface area (Å²) in [6.45, 7) is 3.67. The number of rotatable bonds is 6. The molecule has 4 N–H and O–H groups in total. The minimum Gasteiger partial charge on any atom is -0.396 e. The summed E-state index contributed by atoms with van der Waals surface area (Å²) in [6, 6.07) is 8.56. The molecule has 3 nitrogen and oxygen atoms in total. The lowest BCUT2D eigenvalue weighted by atomic mass is 10.1. The van der Waals surface area contributed by atoms with Gasteiger partial charge < -0.3 is 16.2 Å². The van der Waals surface area contributed by atoms with E-state index in [9.17, 15) is 0 Å². The van der Waals surface area contributed by atoms with E-state index < -0.39 is 0 Å². The quantitative estimate of drug-likeness (QED) is 0.610. The third-order valence-electron chi connectivity index (χ3n) is 2.44. The van der Waals surface area contributed by atoms with Gasteiger partial charge in [-0.05, 0) is 25.5 Å². The molecule has 0 amide bonds. The molecule has 1 aromatic rings. The van der Waals surface area contributed by atoms with Crippen LogP contribution in [0, 0.1) is 6.92 Å². The van der Waals surface area contributed by atoms with Gasteiger partial charge in [0.25, 0.3) is 0 Å². The molecular weight excluding hydrogens is 188 g/mol. The Bertz CT molecular complexity index is 271. The van der Waals surface area contributed by atoms with Crippen molar-refractivity contribution < 1.29 is 5.11 Å². The molecule has 1 atom stereocenters. The van der Waals surface area contributed by atoms with Crippen molar-refractivity contribution in [3.05, 3.63) is 35.4 Å². The topological polar surface area (TPSA) is 58.3 Å². The number of hydrogen-bond acceptors (Lipinski definition) is 3. The molecule has 0 saturated carbocycles. The molecule has 0 radical (unpaired) electrons. The molecule has 84 valence electrons. The maximum absolute atomic E-state index is 8.69. The summed E-state index contributed by atoms with van der Waals surface area (Å²) >= 11 is 0. The maximum Gasteiger partial charge on any atom is 0.0444 e. The van der Waals surface area contributed by atoms with Crippen LogP contribution in [-0.2, 0) is 0 Å². The standard InChI is InChI=1S/C12H20N2O/c1-10-3-5-11(6-4-10)12(9-13)14-7-2-8-15/h3-6,12,14-15H,2,7-9,13H2,1H3. The van der Waals surface area contributed by atoms with Crippen molar-refractivity contribution in [2.24, 2.45) is 5.73 Å². The molecule has 15 heavy (non-hydrogen) atoms. The highest BCUT2D eigenvalue weighted by Gasteiger charge is 2.07. The molecule has 0 aliphatic rings. The van der Waals surface area contributed by atoms with Crippen LogP contribution < -0.4 is 11.1 Å². The lowest BCUT2D eigenvalue weighted by molar-refractivity contribution is 0.283. The number of hydrogen-bond donors (Lipinski definition) is 3. The minimum absolute atomic E-state index is 0.192. The highest BCUT2D eigenvalue weighted by molar-refractivity contribution is 5.24. The van der Waals surface area contributed by atoms with E-state index in [1.165, 1.54) is 11.1 Å². The highest BCUT2D eigenvalue weighted by Crippen LogP contribution is 2.12. The van der Waals surface area contributed by atoms with Crippen LogP contribution in [0.1, 0.15) is 23.6 Å². The second-order valence-corrected chi connectivity index (χ2v) is 3.73. The monoisotopic (exact) mass is 208 g/mol. The van der Waals surface area contributed by atoms with E-state index in [1.54, 1.807) is 0 Å². The van der Waals surface area contributed by atoms with Gasteiger partial charge in [-0.15, -0.1) is 0 Å². The average Bonchev–Trinajstić information content (AvgIpc) is 2.26. The first-order valence-electron chi connectivity index (χ1n) is 5.38. The van der Waals surface area contributed by atoms with Crippen LogP contribution in [-0.4, -0.2) is 24.8 Å². The average molecular weight is 208 g/mol. The molecule has 1 aromatic carbocycles. The summed E-state index contributed by atoms with van der Waals surface area (Å²) in [5, 5.41) is 12.0. The molecule has 1 unspecified atom stereocenters. The fourth-order valence-electron chi connectivity index (χ4n) is 1.49. The summed E-state index contributed by atoms with van der Waals surface area (Å²) in [6.07, 6.45) is 0.766. The molecule has 3 heteroatoms. The summed E-state index contributed by atoms with van der Waals surface area (Å²) < 4.78 is 0. The molecule has 0 heterocycles. The Labute approximate surface area is 91.3 Å². The number of benzene rings is 1. The lowest BCUT2D eigenvalue weighted by Crippen LogP contribution is -2.29. The fourth-order valence-corrected chi connectivity index (χ4v) is 1.49. The molecule has 0 fully saturated rings. The third-order valence-corrected chi connectivity index (χ3v) is 2.44. The van der Waals surface area contributed by atoms with Crippen molar-refractivity contribution in [2.75, 3.05) is 19.7 Å². The first-order valence-corrected chi connectivity index (χ1v) is 5.38.